The zero-order valence-corrected chi connectivity index (χ0v) is 12.6. The quantitative estimate of drug-likeness (QED) is 0.786. The van der Waals surface area contributed by atoms with Crippen LogP contribution < -0.4 is 0 Å². The summed E-state index contributed by atoms with van der Waals surface area (Å²) >= 11 is 0. The van der Waals surface area contributed by atoms with Gasteiger partial charge in [0.15, 0.2) is 5.78 Å². The number of carbonyl (C=O) groups excluding carboxylic acids is 1. The number of hydrogen-bond donors (Lipinski definition) is 0. The Morgan fingerprint density at radius 2 is 1.76 bits per heavy atom. The molecule has 0 radical (unpaired) electrons. The number of hydrogen-bond acceptors (Lipinski definition) is 2. The van der Waals surface area contributed by atoms with Crippen molar-refractivity contribution in [1.82, 2.24) is 4.90 Å². The maximum Gasteiger partial charge on any atom is 0.160 e. The molecule has 0 aromatic heterocycles. The lowest BCUT2D eigenvalue weighted by Gasteiger charge is -2.14. The van der Waals surface area contributed by atoms with Gasteiger partial charge in [-0.15, -0.1) is 0 Å². The zero-order valence-electron chi connectivity index (χ0n) is 12.6. The molecule has 0 aliphatic heterocycles. The van der Waals surface area contributed by atoms with Gasteiger partial charge in [0.25, 0.3) is 0 Å². The zero-order chi connectivity index (χ0) is 15.0. The second kappa shape index (κ2) is 5.21. The van der Waals surface area contributed by atoms with Gasteiger partial charge in [-0.3, -0.25) is 4.79 Å². The predicted octanol–water partition coefficient (Wildman–Crippen LogP) is 4.14. The van der Waals surface area contributed by atoms with Crippen molar-refractivity contribution < 1.29 is 4.79 Å². The van der Waals surface area contributed by atoms with E-state index in [-0.39, 0.29) is 11.7 Å². The van der Waals surface area contributed by atoms with Crippen LogP contribution in [0.3, 0.4) is 0 Å². The Hall–Kier alpha value is -2.35. The summed E-state index contributed by atoms with van der Waals surface area (Å²) in [6, 6.07) is 12.4. The molecule has 3 rings (SSSR count). The SMILES string of the molecule is CC(=O)c1cc2ccccc2cc1C1C=CC(N(C)C)=C1. The van der Waals surface area contributed by atoms with Crippen molar-refractivity contribution >= 4 is 16.6 Å². The van der Waals surface area contributed by atoms with Crippen molar-refractivity contribution in [2.45, 2.75) is 12.8 Å². The Morgan fingerprint density at radius 3 is 2.33 bits per heavy atom. The molecule has 106 valence electrons. The van der Waals surface area contributed by atoms with Gasteiger partial charge in [-0.25, -0.2) is 0 Å². The summed E-state index contributed by atoms with van der Waals surface area (Å²) in [5.74, 6) is 0.293. The third-order valence-corrected chi connectivity index (χ3v) is 4.00. The van der Waals surface area contributed by atoms with Crippen LogP contribution in [0, 0.1) is 0 Å². The number of fused-ring (bicyclic) bond motifs is 1. The van der Waals surface area contributed by atoms with Crippen LogP contribution in [0.1, 0.15) is 28.8 Å². The number of benzene rings is 2. The lowest BCUT2D eigenvalue weighted by Crippen LogP contribution is -2.08. The summed E-state index contributed by atoms with van der Waals surface area (Å²) in [7, 11) is 4.07. The van der Waals surface area contributed by atoms with E-state index >= 15 is 0 Å². The summed E-state index contributed by atoms with van der Waals surface area (Å²) < 4.78 is 0. The average molecular weight is 277 g/mol. The molecule has 2 nitrogen and oxygen atoms in total. The summed E-state index contributed by atoms with van der Waals surface area (Å²) in [5, 5.41) is 2.29. The first-order chi connectivity index (χ1) is 10.1. The minimum absolute atomic E-state index is 0.121. The molecule has 2 aromatic rings. The van der Waals surface area contributed by atoms with E-state index in [1.807, 2.05) is 32.3 Å². The first kappa shape index (κ1) is 13.6. The Bertz CT molecular complexity index is 768. The third-order valence-electron chi connectivity index (χ3n) is 4.00. The average Bonchev–Trinajstić information content (AvgIpc) is 2.95. The van der Waals surface area contributed by atoms with E-state index in [1.54, 1.807) is 6.92 Å². The van der Waals surface area contributed by atoms with E-state index in [9.17, 15) is 4.79 Å². The summed E-state index contributed by atoms with van der Waals surface area (Å²) in [4.78, 5) is 14.1. The molecule has 2 heteroatoms. The molecule has 1 atom stereocenters. The second-order valence-corrected chi connectivity index (χ2v) is 5.71. The van der Waals surface area contributed by atoms with E-state index in [0.717, 1.165) is 16.5 Å². The summed E-state index contributed by atoms with van der Waals surface area (Å²) in [6.07, 6.45) is 6.48. The number of likely N-dealkylation sites (N-methyl/N-ethyl adjacent to an activating group) is 1. The Labute approximate surface area is 125 Å². The number of rotatable bonds is 3. The standard InChI is InChI=1S/C19H19NO/c1-13(21)18-11-14-6-4-5-7-15(14)12-19(18)16-8-9-17(10-16)20(2)3/h4-12,16H,1-3H3. The molecule has 0 heterocycles. The van der Waals surface area contributed by atoms with E-state index < -0.39 is 0 Å². The molecule has 1 unspecified atom stereocenters. The molecule has 0 saturated carbocycles. The van der Waals surface area contributed by atoms with Gasteiger partial charge in [0.05, 0.1) is 0 Å². The minimum atomic E-state index is 0.121. The highest BCUT2D eigenvalue weighted by Gasteiger charge is 2.18. The van der Waals surface area contributed by atoms with Crippen molar-refractivity contribution in [1.29, 1.82) is 0 Å². The van der Waals surface area contributed by atoms with Crippen LogP contribution in [0.5, 0.6) is 0 Å². The largest absolute Gasteiger partial charge is 0.378 e. The normalized spacial score (nSPS) is 17.1. The van der Waals surface area contributed by atoms with Crippen LogP contribution in [-0.4, -0.2) is 24.8 Å². The fraction of sp³-hybridized carbons (Fsp3) is 0.211. The van der Waals surface area contributed by atoms with Crippen molar-refractivity contribution in [3.8, 4) is 0 Å². The first-order valence-corrected chi connectivity index (χ1v) is 7.17. The van der Waals surface area contributed by atoms with Gasteiger partial charge in [0.2, 0.25) is 0 Å². The van der Waals surface area contributed by atoms with Crippen molar-refractivity contribution in [2.24, 2.45) is 0 Å². The van der Waals surface area contributed by atoms with Gasteiger partial charge in [0, 0.05) is 31.3 Å². The molecule has 0 fully saturated rings. The van der Waals surface area contributed by atoms with Crippen LogP contribution in [-0.2, 0) is 0 Å². The highest BCUT2D eigenvalue weighted by molar-refractivity contribution is 6.00. The molecule has 21 heavy (non-hydrogen) atoms. The van der Waals surface area contributed by atoms with Crippen LogP contribution in [0.4, 0.5) is 0 Å². The van der Waals surface area contributed by atoms with E-state index in [2.05, 4.69) is 41.3 Å². The van der Waals surface area contributed by atoms with Gasteiger partial charge in [-0.1, -0.05) is 30.3 Å². The molecule has 1 aliphatic carbocycles. The van der Waals surface area contributed by atoms with E-state index in [1.165, 1.54) is 11.1 Å². The van der Waals surface area contributed by atoms with Gasteiger partial charge in [-0.2, -0.15) is 0 Å². The van der Waals surface area contributed by atoms with Crippen LogP contribution in [0.25, 0.3) is 10.8 Å². The predicted molar refractivity (Wildman–Crippen MR) is 87.6 cm³/mol. The maximum atomic E-state index is 12.0. The molecular formula is C19H19NO. The molecule has 1 aliphatic rings. The van der Waals surface area contributed by atoms with Gasteiger partial charge >= 0.3 is 0 Å². The number of carbonyl (C=O) groups is 1. The van der Waals surface area contributed by atoms with Gasteiger partial charge in [-0.05, 0) is 47.5 Å². The smallest absolute Gasteiger partial charge is 0.160 e. The summed E-state index contributed by atoms with van der Waals surface area (Å²) in [6.45, 7) is 1.64. The van der Waals surface area contributed by atoms with Gasteiger partial charge < -0.3 is 4.90 Å². The molecular weight excluding hydrogens is 258 g/mol. The fourth-order valence-electron chi connectivity index (χ4n) is 2.83. The van der Waals surface area contributed by atoms with Crippen molar-refractivity contribution in [2.75, 3.05) is 14.1 Å². The Morgan fingerprint density at radius 1 is 1.10 bits per heavy atom. The first-order valence-electron chi connectivity index (χ1n) is 7.17. The lowest BCUT2D eigenvalue weighted by atomic mass is 9.90. The van der Waals surface area contributed by atoms with Crippen molar-refractivity contribution in [3.63, 3.8) is 0 Å². The molecule has 0 amide bonds. The Balaban J connectivity index is 2.15. The molecule has 0 spiro atoms. The van der Waals surface area contributed by atoms with E-state index in [4.69, 9.17) is 0 Å². The Kier molecular flexibility index (Phi) is 3.38. The highest BCUT2D eigenvalue weighted by atomic mass is 16.1. The molecule has 0 saturated heterocycles. The monoisotopic (exact) mass is 277 g/mol. The number of ketones is 1. The fourth-order valence-corrected chi connectivity index (χ4v) is 2.83. The number of Topliss-reactive ketones (excluding diaryl/α,β-unsaturated/α-hetero) is 1. The molecule has 0 N–H and O–H groups in total. The van der Waals surface area contributed by atoms with Crippen LogP contribution >= 0.6 is 0 Å². The maximum absolute atomic E-state index is 12.0. The molecule has 0 bridgehead atoms. The van der Waals surface area contributed by atoms with Gasteiger partial charge in [0.1, 0.15) is 0 Å². The van der Waals surface area contributed by atoms with Crippen LogP contribution in [0.2, 0.25) is 0 Å². The lowest BCUT2D eigenvalue weighted by molar-refractivity contribution is 0.101. The third kappa shape index (κ3) is 2.49. The second-order valence-electron chi connectivity index (χ2n) is 5.71. The van der Waals surface area contributed by atoms with Crippen molar-refractivity contribution in [3.05, 3.63) is 71.5 Å². The minimum Gasteiger partial charge on any atom is -0.378 e. The van der Waals surface area contributed by atoms with E-state index in [0.29, 0.717) is 0 Å². The topological polar surface area (TPSA) is 20.3 Å². The summed E-state index contributed by atoms with van der Waals surface area (Å²) in [5.41, 5.74) is 3.09. The highest BCUT2D eigenvalue weighted by Crippen LogP contribution is 2.32. The van der Waals surface area contributed by atoms with Crippen LogP contribution in [0.15, 0.2) is 60.3 Å². The molecule has 2 aromatic carbocycles. The number of allylic oxidation sites excluding steroid dienone is 3. The number of nitrogens with zero attached hydrogens (tertiary/aromatic N) is 1.